The number of sulfone groups is 1. The second kappa shape index (κ2) is 8.72. The van der Waals surface area contributed by atoms with E-state index in [9.17, 15) is 13.2 Å². The number of rotatable bonds is 4. The van der Waals surface area contributed by atoms with E-state index in [2.05, 4.69) is 0 Å². The summed E-state index contributed by atoms with van der Waals surface area (Å²) in [5.41, 5.74) is 3.19. The van der Waals surface area contributed by atoms with Gasteiger partial charge in [-0.3, -0.25) is 9.69 Å². The lowest BCUT2D eigenvalue weighted by Gasteiger charge is -2.20. The third kappa shape index (κ3) is 4.50. The molecule has 0 radical (unpaired) electrons. The molecular formula is C23H18ClN3O3S3. The molecule has 2 fully saturated rings. The number of aromatic nitrogens is 2. The Hall–Kier alpha value is -2.46. The summed E-state index contributed by atoms with van der Waals surface area (Å²) in [5.74, 6) is -0.228. The molecule has 0 aliphatic carbocycles. The van der Waals surface area contributed by atoms with Crippen LogP contribution in [-0.2, 0) is 14.6 Å². The molecule has 0 N–H and O–H groups in total. The second-order valence-corrected chi connectivity index (χ2v) is 12.2. The molecule has 3 heterocycles. The Morgan fingerprint density at radius 3 is 2.52 bits per heavy atom. The van der Waals surface area contributed by atoms with Crippen LogP contribution in [-0.4, -0.2) is 50.9 Å². The van der Waals surface area contributed by atoms with E-state index in [1.807, 2.05) is 48.7 Å². The number of benzene rings is 2. The molecule has 5 rings (SSSR count). The number of carbonyl (C=O) groups excluding carboxylic acids is 1. The zero-order valence-corrected chi connectivity index (χ0v) is 20.4. The van der Waals surface area contributed by atoms with Gasteiger partial charge < -0.3 is 0 Å². The maximum absolute atomic E-state index is 13.2. The van der Waals surface area contributed by atoms with Gasteiger partial charge in [0.2, 0.25) is 0 Å². The second-order valence-electron chi connectivity index (χ2n) is 7.83. The fourth-order valence-electron chi connectivity index (χ4n) is 3.95. The molecule has 10 heteroatoms. The van der Waals surface area contributed by atoms with Gasteiger partial charge in [0.05, 0.1) is 33.8 Å². The Morgan fingerprint density at radius 2 is 1.85 bits per heavy atom. The largest absolute Gasteiger partial charge is 0.289 e. The topological polar surface area (TPSA) is 72.3 Å². The van der Waals surface area contributed by atoms with Gasteiger partial charge in [-0.05, 0) is 36.8 Å². The van der Waals surface area contributed by atoms with E-state index in [1.165, 1.54) is 16.7 Å². The quantitative estimate of drug-likeness (QED) is 0.374. The van der Waals surface area contributed by atoms with Gasteiger partial charge >= 0.3 is 0 Å². The van der Waals surface area contributed by atoms with E-state index >= 15 is 0 Å². The van der Waals surface area contributed by atoms with E-state index in [0.717, 1.165) is 16.8 Å². The van der Waals surface area contributed by atoms with Crippen molar-refractivity contribution in [2.24, 2.45) is 0 Å². The van der Waals surface area contributed by atoms with Crippen LogP contribution in [0, 0.1) is 0 Å². The monoisotopic (exact) mass is 515 g/mol. The van der Waals surface area contributed by atoms with Crippen molar-refractivity contribution >= 4 is 61.7 Å². The lowest BCUT2D eigenvalue weighted by molar-refractivity contribution is -0.123. The van der Waals surface area contributed by atoms with Crippen LogP contribution in [0.25, 0.3) is 23.0 Å². The molecule has 2 saturated heterocycles. The Balaban J connectivity index is 1.54. The highest BCUT2D eigenvalue weighted by molar-refractivity contribution is 8.26. The van der Waals surface area contributed by atoms with Gasteiger partial charge in [0.25, 0.3) is 5.91 Å². The highest BCUT2D eigenvalue weighted by Crippen LogP contribution is 2.37. The molecule has 6 nitrogen and oxygen atoms in total. The molecule has 0 saturated carbocycles. The van der Waals surface area contributed by atoms with E-state index in [0.29, 0.717) is 26.4 Å². The van der Waals surface area contributed by atoms with Crippen LogP contribution in [0.3, 0.4) is 0 Å². The van der Waals surface area contributed by atoms with E-state index < -0.39 is 15.9 Å². The number of halogens is 1. The number of amides is 1. The maximum Gasteiger partial charge on any atom is 0.266 e. The molecule has 0 unspecified atom stereocenters. The zero-order chi connectivity index (χ0) is 23.2. The van der Waals surface area contributed by atoms with Crippen molar-refractivity contribution in [2.45, 2.75) is 12.5 Å². The van der Waals surface area contributed by atoms with Crippen molar-refractivity contribution in [1.82, 2.24) is 14.7 Å². The van der Waals surface area contributed by atoms with Crippen LogP contribution in [0.2, 0.25) is 5.02 Å². The fraction of sp³-hybridized carbons (Fsp3) is 0.174. The normalized spacial score (nSPS) is 21.3. The predicted octanol–water partition coefficient (Wildman–Crippen LogP) is 4.58. The average molecular weight is 516 g/mol. The average Bonchev–Trinajstić information content (AvgIpc) is 3.45. The molecule has 2 aliphatic heterocycles. The molecule has 0 spiro atoms. The summed E-state index contributed by atoms with van der Waals surface area (Å²) in [7, 11) is -3.14. The Labute approximate surface area is 206 Å². The summed E-state index contributed by atoms with van der Waals surface area (Å²) in [6.45, 7) is 0. The molecule has 168 valence electrons. The van der Waals surface area contributed by atoms with Gasteiger partial charge in [0.1, 0.15) is 4.32 Å². The predicted molar refractivity (Wildman–Crippen MR) is 136 cm³/mol. The third-order valence-corrected chi connectivity index (χ3v) is 8.90. The number of carbonyl (C=O) groups is 1. The van der Waals surface area contributed by atoms with Crippen molar-refractivity contribution in [3.8, 4) is 16.9 Å². The third-order valence-electron chi connectivity index (χ3n) is 5.56. The molecule has 1 amide bonds. The Bertz CT molecular complexity index is 1380. The minimum absolute atomic E-state index is 0.0469. The molecule has 2 aliphatic rings. The minimum atomic E-state index is -3.14. The number of para-hydroxylation sites is 1. The number of nitrogens with zero attached hydrogens (tertiary/aromatic N) is 3. The summed E-state index contributed by atoms with van der Waals surface area (Å²) >= 11 is 12.7. The number of thiocarbonyl (C=S) groups is 1. The molecule has 33 heavy (non-hydrogen) atoms. The molecule has 1 atom stereocenters. The number of hydrogen-bond acceptors (Lipinski definition) is 6. The van der Waals surface area contributed by atoms with Gasteiger partial charge in [-0.1, -0.05) is 65.9 Å². The summed E-state index contributed by atoms with van der Waals surface area (Å²) in [5, 5.41) is 5.39. The standard InChI is InChI=1S/C23H18ClN3O3S3/c24-17-8-6-15(7-9-17)21-16(13-26(25-21)18-4-2-1-3-5-18)12-20-22(28)27(23(31)32-20)19-10-11-33(29,30)14-19/h1-9,12-13,19H,10-11,14H2/b20-12+/t19-/m0/s1. The summed E-state index contributed by atoms with van der Waals surface area (Å²) < 4.78 is 26.0. The smallest absolute Gasteiger partial charge is 0.266 e. The summed E-state index contributed by atoms with van der Waals surface area (Å²) in [6, 6.07) is 16.6. The highest BCUT2D eigenvalue weighted by atomic mass is 35.5. The fourth-order valence-corrected chi connectivity index (χ4v) is 7.17. The van der Waals surface area contributed by atoms with Crippen molar-refractivity contribution in [1.29, 1.82) is 0 Å². The Kier molecular flexibility index (Phi) is 5.90. The molecule has 0 bridgehead atoms. The van der Waals surface area contributed by atoms with Crippen molar-refractivity contribution in [3.63, 3.8) is 0 Å². The lowest BCUT2D eigenvalue weighted by Crippen LogP contribution is -2.39. The van der Waals surface area contributed by atoms with Crippen LogP contribution >= 0.6 is 35.6 Å². The van der Waals surface area contributed by atoms with Crippen molar-refractivity contribution in [2.75, 3.05) is 11.5 Å². The first kappa shape index (κ1) is 22.3. The molecule has 2 aromatic carbocycles. The van der Waals surface area contributed by atoms with Gasteiger partial charge in [-0.15, -0.1) is 0 Å². The van der Waals surface area contributed by atoms with Gasteiger partial charge in [-0.2, -0.15) is 5.10 Å². The van der Waals surface area contributed by atoms with Crippen LogP contribution < -0.4 is 0 Å². The van der Waals surface area contributed by atoms with Crippen molar-refractivity contribution < 1.29 is 13.2 Å². The first-order valence-corrected chi connectivity index (χ1v) is 13.6. The molecule has 3 aromatic rings. The van der Waals surface area contributed by atoms with Gasteiger partial charge in [0.15, 0.2) is 9.84 Å². The first-order valence-electron chi connectivity index (χ1n) is 10.2. The van der Waals surface area contributed by atoms with E-state index in [-0.39, 0.29) is 17.4 Å². The van der Waals surface area contributed by atoms with Gasteiger partial charge in [0, 0.05) is 22.3 Å². The minimum Gasteiger partial charge on any atom is -0.289 e. The van der Waals surface area contributed by atoms with E-state index in [1.54, 1.807) is 22.9 Å². The van der Waals surface area contributed by atoms with Gasteiger partial charge in [-0.25, -0.2) is 13.1 Å². The molecule has 1 aromatic heterocycles. The molecular weight excluding hydrogens is 498 g/mol. The first-order chi connectivity index (χ1) is 15.8. The maximum atomic E-state index is 13.2. The lowest BCUT2D eigenvalue weighted by atomic mass is 10.1. The van der Waals surface area contributed by atoms with Crippen LogP contribution in [0.4, 0.5) is 0 Å². The zero-order valence-electron chi connectivity index (χ0n) is 17.2. The van der Waals surface area contributed by atoms with Crippen LogP contribution in [0.15, 0.2) is 65.7 Å². The summed E-state index contributed by atoms with van der Waals surface area (Å²) in [6.07, 6.45) is 4.05. The van der Waals surface area contributed by atoms with Crippen molar-refractivity contribution in [3.05, 3.63) is 76.3 Å². The van der Waals surface area contributed by atoms with Crippen LogP contribution in [0.1, 0.15) is 12.0 Å². The number of thioether (sulfide) groups is 1. The van der Waals surface area contributed by atoms with E-state index in [4.69, 9.17) is 28.9 Å². The number of hydrogen-bond donors (Lipinski definition) is 0. The summed E-state index contributed by atoms with van der Waals surface area (Å²) in [4.78, 5) is 15.1. The Morgan fingerprint density at radius 1 is 1.12 bits per heavy atom. The SMILES string of the molecule is O=C1/C(=C\c2cn(-c3ccccc3)nc2-c2ccc(Cl)cc2)SC(=S)N1[C@H]1CCS(=O)(=O)C1. The van der Waals surface area contributed by atoms with Crippen LogP contribution in [0.5, 0.6) is 0 Å². The highest BCUT2D eigenvalue weighted by Gasteiger charge is 2.42.